The summed E-state index contributed by atoms with van der Waals surface area (Å²) in [7, 11) is 0. The smallest absolute Gasteiger partial charge is 0.0152 e. The average Bonchev–Trinajstić information content (AvgIpc) is 2.09. The van der Waals surface area contributed by atoms with Crippen molar-refractivity contribution in [1.29, 1.82) is 0 Å². The van der Waals surface area contributed by atoms with Crippen molar-refractivity contribution in [3.63, 3.8) is 0 Å². The Balaban J connectivity index is 2.89. The fraction of sp³-hybridized carbons (Fsp3) is 0.231. The van der Waals surface area contributed by atoms with Crippen molar-refractivity contribution in [2.75, 3.05) is 0 Å². The zero-order valence-electron chi connectivity index (χ0n) is 8.39. The highest BCUT2D eigenvalue weighted by Gasteiger charge is 1.98. The van der Waals surface area contributed by atoms with Crippen LogP contribution in [0.3, 0.4) is 0 Å². The van der Waals surface area contributed by atoms with Gasteiger partial charge in [-0.2, -0.15) is 0 Å². The van der Waals surface area contributed by atoms with Crippen molar-refractivity contribution in [2.45, 2.75) is 20.8 Å². The van der Waals surface area contributed by atoms with Crippen molar-refractivity contribution < 1.29 is 0 Å². The molecule has 13 heavy (non-hydrogen) atoms. The van der Waals surface area contributed by atoms with E-state index in [0.29, 0.717) is 0 Å². The summed E-state index contributed by atoms with van der Waals surface area (Å²) in [5.41, 5.74) is 4.11. The van der Waals surface area contributed by atoms with Crippen molar-refractivity contribution >= 4 is 10.8 Å². The number of rotatable bonds is 0. The van der Waals surface area contributed by atoms with Crippen LogP contribution in [0.5, 0.6) is 0 Å². The van der Waals surface area contributed by atoms with Crippen molar-refractivity contribution in [1.82, 2.24) is 0 Å². The monoisotopic (exact) mass is 170 g/mol. The zero-order chi connectivity index (χ0) is 9.42. The third-order valence-corrected chi connectivity index (χ3v) is 2.71. The fourth-order valence-electron chi connectivity index (χ4n) is 1.70. The van der Waals surface area contributed by atoms with Crippen LogP contribution >= 0.6 is 0 Å². The molecule has 0 bridgehead atoms. The van der Waals surface area contributed by atoms with E-state index in [1.807, 2.05) is 0 Å². The first kappa shape index (κ1) is 8.31. The molecular weight excluding hydrogens is 156 g/mol. The molecule has 0 aliphatic rings. The van der Waals surface area contributed by atoms with Gasteiger partial charge in [-0.05, 0) is 48.2 Å². The molecule has 66 valence electrons. The SMILES string of the molecule is Cc1cc2cccc(C)c2cc1C. The second-order valence-electron chi connectivity index (χ2n) is 3.73. The largest absolute Gasteiger partial charge is 0.0614 e. The van der Waals surface area contributed by atoms with Crippen LogP contribution in [0.15, 0.2) is 30.3 Å². The van der Waals surface area contributed by atoms with E-state index in [4.69, 9.17) is 0 Å². The van der Waals surface area contributed by atoms with Crippen LogP contribution < -0.4 is 0 Å². The van der Waals surface area contributed by atoms with Crippen LogP contribution in [0.25, 0.3) is 10.8 Å². The first-order valence-corrected chi connectivity index (χ1v) is 4.65. The van der Waals surface area contributed by atoms with Crippen LogP contribution in [0.2, 0.25) is 0 Å². The molecule has 0 spiro atoms. The van der Waals surface area contributed by atoms with E-state index in [0.717, 1.165) is 0 Å². The minimum absolute atomic E-state index is 1.35. The van der Waals surface area contributed by atoms with Gasteiger partial charge in [0.2, 0.25) is 0 Å². The molecule has 0 nitrogen and oxygen atoms in total. The molecule has 0 radical (unpaired) electrons. The summed E-state index contributed by atoms with van der Waals surface area (Å²) in [6.45, 7) is 6.50. The molecule has 0 amide bonds. The van der Waals surface area contributed by atoms with E-state index in [9.17, 15) is 0 Å². The summed E-state index contributed by atoms with van der Waals surface area (Å²) >= 11 is 0. The lowest BCUT2D eigenvalue weighted by Crippen LogP contribution is -1.83. The molecule has 2 aromatic rings. The van der Waals surface area contributed by atoms with E-state index in [2.05, 4.69) is 51.1 Å². The second-order valence-corrected chi connectivity index (χ2v) is 3.73. The molecule has 0 N–H and O–H groups in total. The van der Waals surface area contributed by atoms with E-state index in [1.54, 1.807) is 0 Å². The normalized spacial score (nSPS) is 10.7. The summed E-state index contributed by atoms with van der Waals surface area (Å²) in [4.78, 5) is 0. The summed E-state index contributed by atoms with van der Waals surface area (Å²) in [6.07, 6.45) is 0. The predicted octanol–water partition coefficient (Wildman–Crippen LogP) is 3.77. The van der Waals surface area contributed by atoms with Crippen molar-refractivity contribution in [3.8, 4) is 0 Å². The second kappa shape index (κ2) is 2.88. The zero-order valence-corrected chi connectivity index (χ0v) is 8.39. The van der Waals surface area contributed by atoms with Gasteiger partial charge in [-0.3, -0.25) is 0 Å². The van der Waals surface area contributed by atoms with Gasteiger partial charge < -0.3 is 0 Å². The Morgan fingerprint density at radius 3 is 2.23 bits per heavy atom. The van der Waals surface area contributed by atoms with Crippen molar-refractivity contribution in [2.24, 2.45) is 0 Å². The number of aryl methyl sites for hydroxylation is 3. The van der Waals surface area contributed by atoms with Gasteiger partial charge in [0.1, 0.15) is 0 Å². The van der Waals surface area contributed by atoms with Gasteiger partial charge in [0.25, 0.3) is 0 Å². The Hall–Kier alpha value is -1.30. The van der Waals surface area contributed by atoms with E-state index in [1.165, 1.54) is 27.5 Å². The summed E-state index contributed by atoms with van der Waals surface area (Å²) in [5, 5.41) is 2.73. The van der Waals surface area contributed by atoms with E-state index >= 15 is 0 Å². The van der Waals surface area contributed by atoms with Crippen molar-refractivity contribution in [3.05, 3.63) is 47.0 Å². The van der Waals surface area contributed by atoms with Crippen LogP contribution in [0, 0.1) is 20.8 Å². The Kier molecular flexibility index (Phi) is 1.84. The van der Waals surface area contributed by atoms with Gasteiger partial charge in [-0.25, -0.2) is 0 Å². The fourth-order valence-corrected chi connectivity index (χ4v) is 1.70. The molecule has 2 aromatic carbocycles. The molecule has 0 saturated heterocycles. The first-order valence-electron chi connectivity index (χ1n) is 4.65. The maximum atomic E-state index is 2.28. The van der Waals surface area contributed by atoms with Gasteiger partial charge in [0.15, 0.2) is 0 Å². The highest BCUT2D eigenvalue weighted by atomic mass is 14.0. The number of hydrogen-bond donors (Lipinski definition) is 0. The number of fused-ring (bicyclic) bond motifs is 1. The molecule has 0 aliphatic carbocycles. The topological polar surface area (TPSA) is 0 Å². The lowest BCUT2D eigenvalue weighted by molar-refractivity contribution is 1.36. The van der Waals surface area contributed by atoms with Gasteiger partial charge >= 0.3 is 0 Å². The van der Waals surface area contributed by atoms with Gasteiger partial charge in [0.05, 0.1) is 0 Å². The van der Waals surface area contributed by atoms with Crippen LogP contribution in [-0.2, 0) is 0 Å². The summed E-state index contributed by atoms with van der Waals surface area (Å²) in [5.74, 6) is 0. The molecule has 0 fully saturated rings. The highest BCUT2D eigenvalue weighted by Crippen LogP contribution is 2.21. The van der Waals surface area contributed by atoms with E-state index in [-0.39, 0.29) is 0 Å². The number of benzene rings is 2. The molecule has 0 heterocycles. The average molecular weight is 170 g/mol. The minimum Gasteiger partial charge on any atom is -0.0614 e. The molecule has 0 saturated carbocycles. The van der Waals surface area contributed by atoms with Crippen LogP contribution in [-0.4, -0.2) is 0 Å². The molecule has 0 unspecified atom stereocenters. The van der Waals surface area contributed by atoms with Crippen LogP contribution in [0.1, 0.15) is 16.7 Å². The minimum atomic E-state index is 1.35. The first-order chi connectivity index (χ1) is 6.18. The Labute approximate surface area is 79.2 Å². The maximum Gasteiger partial charge on any atom is -0.0152 e. The molecule has 0 aromatic heterocycles. The summed E-state index contributed by atoms with van der Waals surface area (Å²) < 4.78 is 0. The highest BCUT2D eigenvalue weighted by molar-refractivity contribution is 5.86. The van der Waals surface area contributed by atoms with Gasteiger partial charge in [-0.1, -0.05) is 30.3 Å². The summed E-state index contributed by atoms with van der Waals surface area (Å²) in [6, 6.07) is 11.0. The Morgan fingerprint density at radius 1 is 0.769 bits per heavy atom. The predicted molar refractivity (Wildman–Crippen MR) is 58.2 cm³/mol. The molecular formula is C13H14. The molecule has 0 aliphatic heterocycles. The lowest BCUT2D eigenvalue weighted by Gasteiger charge is -2.05. The lowest BCUT2D eigenvalue weighted by atomic mass is 10.00. The van der Waals surface area contributed by atoms with Gasteiger partial charge in [-0.15, -0.1) is 0 Å². The molecule has 2 rings (SSSR count). The molecule has 0 atom stereocenters. The van der Waals surface area contributed by atoms with Gasteiger partial charge in [0, 0.05) is 0 Å². The molecule has 0 heteroatoms. The quantitative estimate of drug-likeness (QED) is 0.564. The Bertz CT molecular complexity index is 453. The number of hydrogen-bond acceptors (Lipinski definition) is 0. The third kappa shape index (κ3) is 1.33. The van der Waals surface area contributed by atoms with E-state index < -0.39 is 0 Å². The standard InChI is InChI=1S/C13H14/c1-9-5-4-6-12-7-10(2)11(3)8-13(9)12/h4-8H,1-3H3. The maximum absolute atomic E-state index is 2.28. The third-order valence-electron chi connectivity index (χ3n) is 2.71. The Morgan fingerprint density at radius 2 is 1.46 bits per heavy atom. The van der Waals surface area contributed by atoms with Crippen LogP contribution in [0.4, 0.5) is 0 Å².